The van der Waals surface area contributed by atoms with E-state index in [4.69, 9.17) is 10.5 Å². The molecule has 6 unspecified atom stereocenters. The molecule has 0 aliphatic heterocycles. The second-order valence-corrected chi connectivity index (χ2v) is 13.8. The molecule has 0 spiro atoms. The van der Waals surface area contributed by atoms with Crippen LogP contribution in [0.15, 0.2) is 12.7 Å². The number of aliphatic hydroxyl groups excluding tert-OH is 2. The molecule has 35 heavy (non-hydrogen) atoms. The van der Waals surface area contributed by atoms with Gasteiger partial charge in [-0.25, -0.2) is 0 Å². The SMILES string of the molecule is C=C[C@]1(C)CC(OC(=O)CSC2CCC(N)CC2O)[C@]2(C)C(C)CC[C@]3(CCC(=O)[C@@H]23)[C@@H](C)C1O. The Bertz CT molecular complexity index is 851. The predicted molar refractivity (Wildman–Crippen MR) is 139 cm³/mol. The van der Waals surface area contributed by atoms with Gasteiger partial charge in [-0.05, 0) is 62.2 Å². The Morgan fingerprint density at radius 3 is 2.60 bits per heavy atom. The molecule has 0 aromatic carbocycles. The molecular formula is C28H45NO5S. The maximum Gasteiger partial charge on any atom is 0.316 e. The van der Waals surface area contributed by atoms with Crippen molar-refractivity contribution >= 4 is 23.5 Å². The van der Waals surface area contributed by atoms with E-state index in [1.54, 1.807) is 0 Å². The van der Waals surface area contributed by atoms with Gasteiger partial charge < -0.3 is 20.7 Å². The Kier molecular flexibility index (Phi) is 7.58. The van der Waals surface area contributed by atoms with Crippen molar-refractivity contribution in [3.63, 3.8) is 0 Å². The van der Waals surface area contributed by atoms with Crippen molar-refractivity contribution in [2.45, 2.75) is 109 Å². The number of aliphatic hydroxyl groups is 2. The van der Waals surface area contributed by atoms with E-state index in [-0.39, 0.29) is 52.0 Å². The van der Waals surface area contributed by atoms with E-state index in [9.17, 15) is 19.8 Å². The molecule has 4 rings (SSSR count). The highest BCUT2D eigenvalue weighted by Gasteiger charge is 2.68. The standard InChI is InChI=1S/C28H45NO5S/c1-6-26(4)14-22(34-23(32)15-35-21-8-7-18(29)13-20(21)31)27(5)16(2)9-11-28(17(3)25(26)33)12-10-19(30)24(27)28/h6,16-18,20-22,24-25,31,33H,1,7-15,29H2,2-5H3/t16?,17-,18?,20?,21?,22?,24-,25?,26+,27-,28-/m0/s1. The fourth-order valence-electron chi connectivity index (χ4n) is 8.21. The molecule has 4 N–H and O–H groups in total. The number of rotatable bonds is 5. The Hall–Kier alpha value is -0.890. The first-order chi connectivity index (χ1) is 16.4. The summed E-state index contributed by atoms with van der Waals surface area (Å²) < 4.78 is 6.29. The smallest absolute Gasteiger partial charge is 0.316 e. The number of hydrogen-bond donors (Lipinski definition) is 3. The zero-order chi connectivity index (χ0) is 25.8. The molecule has 0 aromatic heterocycles. The second-order valence-electron chi connectivity index (χ2n) is 12.6. The topological polar surface area (TPSA) is 110 Å². The van der Waals surface area contributed by atoms with Gasteiger partial charge in [0.05, 0.1) is 18.0 Å². The highest BCUT2D eigenvalue weighted by Crippen LogP contribution is 2.68. The Morgan fingerprint density at radius 2 is 1.94 bits per heavy atom. The maximum absolute atomic E-state index is 13.5. The molecule has 0 heterocycles. The largest absolute Gasteiger partial charge is 0.461 e. The second kappa shape index (κ2) is 9.77. The molecule has 0 amide bonds. The van der Waals surface area contributed by atoms with Crippen LogP contribution in [0.2, 0.25) is 0 Å². The molecular weight excluding hydrogens is 462 g/mol. The summed E-state index contributed by atoms with van der Waals surface area (Å²) in [4.78, 5) is 26.7. The van der Waals surface area contributed by atoms with E-state index in [0.717, 1.165) is 32.1 Å². The molecule has 6 nitrogen and oxygen atoms in total. The number of hydrogen-bond acceptors (Lipinski definition) is 7. The molecule has 4 saturated carbocycles. The van der Waals surface area contributed by atoms with Crippen LogP contribution in [-0.2, 0) is 14.3 Å². The monoisotopic (exact) mass is 507 g/mol. The van der Waals surface area contributed by atoms with Crippen LogP contribution in [-0.4, -0.2) is 57.3 Å². The predicted octanol–water partition coefficient (Wildman–Crippen LogP) is 3.87. The third-order valence-corrected chi connectivity index (χ3v) is 12.2. The number of esters is 1. The molecule has 11 atom stereocenters. The lowest BCUT2D eigenvalue weighted by atomic mass is 9.44. The van der Waals surface area contributed by atoms with E-state index in [1.807, 2.05) is 13.0 Å². The van der Waals surface area contributed by atoms with Crippen molar-refractivity contribution in [1.82, 2.24) is 0 Å². The summed E-state index contributed by atoms with van der Waals surface area (Å²) in [6.45, 7) is 12.5. The number of thioether (sulfide) groups is 1. The van der Waals surface area contributed by atoms with Gasteiger partial charge in [-0.15, -0.1) is 18.3 Å². The van der Waals surface area contributed by atoms with Crippen molar-refractivity contribution in [3.05, 3.63) is 12.7 Å². The van der Waals surface area contributed by atoms with Gasteiger partial charge in [-0.1, -0.05) is 33.8 Å². The summed E-state index contributed by atoms with van der Waals surface area (Å²) in [5, 5.41) is 22.0. The van der Waals surface area contributed by atoms with Crippen LogP contribution in [0.25, 0.3) is 0 Å². The normalized spacial score (nSPS) is 50.1. The van der Waals surface area contributed by atoms with Crippen molar-refractivity contribution in [2.75, 3.05) is 5.75 Å². The van der Waals surface area contributed by atoms with Crippen molar-refractivity contribution in [2.24, 2.45) is 39.7 Å². The molecule has 0 radical (unpaired) electrons. The molecule has 4 aliphatic carbocycles. The van der Waals surface area contributed by atoms with Crippen LogP contribution in [0, 0.1) is 34.0 Å². The average Bonchev–Trinajstić information content (AvgIpc) is 3.17. The summed E-state index contributed by atoms with van der Waals surface area (Å²) in [5.74, 6) is 0.0613. The van der Waals surface area contributed by atoms with E-state index < -0.39 is 29.1 Å². The fourth-order valence-corrected chi connectivity index (χ4v) is 9.27. The number of nitrogens with two attached hydrogens (primary N) is 1. The Labute approximate surface area is 214 Å². The fraction of sp³-hybridized carbons (Fsp3) is 0.857. The van der Waals surface area contributed by atoms with Gasteiger partial charge in [-0.3, -0.25) is 9.59 Å². The molecule has 0 saturated heterocycles. The van der Waals surface area contributed by atoms with E-state index in [2.05, 4.69) is 27.4 Å². The van der Waals surface area contributed by atoms with Crippen molar-refractivity contribution in [3.8, 4) is 0 Å². The van der Waals surface area contributed by atoms with Gasteiger partial charge in [-0.2, -0.15) is 0 Å². The molecule has 198 valence electrons. The molecule has 2 bridgehead atoms. The lowest BCUT2D eigenvalue weighted by Crippen LogP contribution is -2.63. The van der Waals surface area contributed by atoms with Crippen LogP contribution in [0.3, 0.4) is 0 Å². The van der Waals surface area contributed by atoms with Gasteiger partial charge in [0.25, 0.3) is 0 Å². The summed E-state index contributed by atoms with van der Waals surface area (Å²) in [7, 11) is 0. The van der Waals surface area contributed by atoms with Crippen molar-refractivity contribution in [1.29, 1.82) is 0 Å². The first kappa shape index (κ1) is 27.2. The number of ether oxygens (including phenoxy) is 1. The summed E-state index contributed by atoms with van der Waals surface area (Å²) >= 11 is 1.45. The minimum Gasteiger partial charge on any atom is -0.461 e. The molecule has 4 fully saturated rings. The van der Waals surface area contributed by atoms with E-state index >= 15 is 0 Å². The minimum atomic E-state index is -0.663. The third kappa shape index (κ3) is 4.42. The van der Waals surface area contributed by atoms with Crippen LogP contribution in [0.1, 0.15) is 79.1 Å². The zero-order valence-electron chi connectivity index (χ0n) is 21.9. The first-order valence-electron chi connectivity index (χ1n) is 13.5. The number of ketones is 1. The minimum absolute atomic E-state index is 0.0194. The van der Waals surface area contributed by atoms with Gasteiger partial charge >= 0.3 is 5.97 Å². The number of carbonyl (C=O) groups is 2. The Morgan fingerprint density at radius 1 is 1.23 bits per heavy atom. The van der Waals surface area contributed by atoms with Gasteiger partial charge in [0.15, 0.2) is 0 Å². The lowest BCUT2D eigenvalue weighted by Gasteiger charge is -2.61. The summed E-state index contributed by atoms with van der Waals surface area (Å²) in [6, 6.07) is 0.0195. The average molecular weight is 508 g/mol. The van der Waals surface area contributed by atoms with E-state index in [1.165, 1.54) is 11.8 Å². The van der Waals surface area contributed by atoms with Crippen molar-refractivity contribution < 1.29 is 24.5 Å². The van der Waals surface area contributed by atoms with Gasteiger partial charge in [0.1, 0.15) is 11.9 Å². The number of Topliss-reactive ketones (excluding diaryl/α,β-unsaturated/α-hetero) is 1. The lowest BCUT2D eigenvalue weighted by molar-refractivity contribution is -0.205. The van der Waals surface area contributed by atoms with E-state index in [0.29, 0.717) is 19.3 Å². The highest BCUT2D eigenvalue weighted by molar-refractivity contribution is 8.00. The quantitative estimate of drug-likeness (QED) is 0.383. The number of carbonyl (C=O) groups excluding carboxylic acids is 2. The van der Waals surface area contributed by atoms with Gasteiger partial charge in [0.2, 0.25) is 0 Å². The summed E-state index contributed by atoms with van der Waals surface area (Å²) in [5.41, 5.74) is 4.57. The van der Waals surface area contributed by atoms with Crippen LogP contribution >= 0.6 is 11.8 Å². The molecule has 4 aliphatic rings. The third-order valence-electron chi connectivity index (χ3n) is 10.8. The zero-order valence-corrected chi connectivity index (χ0v) is 22.7. The Balaban J connectivity index is 1.62. The van der Waals surface area contributed by atoms with Crippen LogP contribution < -0.4 is 5.73 Å². The maximum atomic E-state index is 13.5. The highest BCUT2D eigenvalue weighted by atomic mass is 32.2. The first-order valence-corrected chi connectivity index (χ1v) is 14.5. The summed E-state index contributed by atoms with van der Waals surface area (Å²) in [6.07, 6.45) is 6.01. The van der Waals surface area contributed by atoms with Crippen LogP contribution in [0.5, 0.6) is 0 Å². The van der Waals surface area contributed by atoms with Gasteiger partial charge in [0, 0.05) is 34.5 Å². The molecule has 7 heteroatoms. The molecule has 0 aromatic rings. The van der Waals surface area contributed by atoms with Crippen LogP contribution in [0.4, 0.5) is 0 Å².